The van der Waals surface area contributed by atoms with Gasteiger partial charge in [-0.05, 0) is 75.0 Å². The maximum atomic E-state index is 4.43. The first-order valence-electron chi connectivity index (χ1n) is 8.77. The van der Waals surface area contributed by atoms with Crippen molar-refractivity contribution in [2.45, 2.75) is 65.3 Å². The number of hydrogen-bond acceptors (Lipinski definition) is 3. The summed E-state index contributed by atoms with van der Waals surface area (Å²) in [5.41, 5.74) is 3.61. The van der Waals surface area contributed by atoms with E-state index >= 15 is 0 Å². The molecule has 3 rings (SSSR count). The van der Waals surface area contributed by atoms with Crippen LogP contribution in [0.15, 0.2) is 6.07 Å². The van der Waals surface area contributed by atoms with Crippen molar-refractivity contribution in [3.8, 4) is 0 Å². The molecule has 0 amide bonds. The molecule has 116 valence electrons. The van der Waals surface area contributed by atoms with Gasteiger partial charge in [-0.1, -0.05) is 20.3 Å². The van der Waals surface area contributed by atoms with Crippen molar-refractivity contribution in [1.29, 1.82) is 0 Å². The summed E-state index contributed by atoms with van der Waals surface area (Å²) in [7, 11) is 0. The van der Waals surface area contributed by atoms with E-state index in [-0.39, 0.29) is 0 Å². The summed E-state index contributed by atoms with van der Waals surface area (Å²) in [5.74, 6) is 2.95. The van der Waals surface area contributed by atoms with Crippen molar-refractivity contribution in [2.24, 2.45) is 17.8 Å². The summed E-state index contributed by atoms with van der Waals surface area (Å²) >= 11 is 0. The molecule has 0 aromatic carbocycles. The molecule has 2 bridgehead atoms. The van der Waals surface area contributed by atoms with Crippen LogP contribution in [0.25, 0.3) is 0 Å². The number of hydrogen-bond donors (Lipinski definition) is 1. The Morgan fingerprint density at radius 1 is 1.24 bits per heavy atom. The third-order valence-corrected chi connectivity index (χ3v) is 5.61. The van der Waals surface area contributed by atoms with Gasteiger partial charge in [-0.3, -0.25) is 0 Å². The summed E-state index contributed by atoms with van der Waals surface area (Å²) in [6, 6.07) is 2.72. The number of aromatic nitrogens is 2. The van der Waals surface area contributed by atoms with Gasteiger partial charge in [-0.15, -0.1) is 0 Å². The van der Waals surface area contributed by atoms with E-state index in [0.717, 1.165) is 36.4 Å². The minimum Gasteiger partial charge on any atom is -0.310 e. The fraction of sp³-hybridized carbons (Fsp3) is 0.778. The van der Waals surface area contributed by atoms with Crippen LogP contribution in [0, 0.1) is 24.7 Å². The van der Waals surface area contributed by atoms with Gasteiger partial charge >= 0.3 is 0 Å². The Morgan fingerprint density at radius 2 is 2.10 bits per heavy atom. The first kappa shape index (κ1) is 15.0. The normalized spacial score (nSPS) is 29.0. The molecular formula is C18H29N3. The van der Waals surface area contributed by atoms with Crippen molar-refractivity contribution in [3.05, 3.63) is 23.0 Å². The largest absolute Gasteiger partial charge is 0.310 e. The summed E-state index contributed by atoms with van der Waals surface area (Å²) in [5, 5.41) is 12.4. The average molecular weight is 287 g/mol. The molecule has 1 heterocycles. The van der Waals surface area contributed by atoms with E-state index in [1.165, 1.54) is 43.4 Å². The molecule has 21 heavy (non-hydrogen) atoms. The molecule has 3 nitrogen and oxygen atoms in total. The van der Waals surface area contributed by atoms with Crippen molar-refractivity contribution in [3.63, 3.8) is 0 Å². The first-order chi connectivity index (χ1) is 10.2. The lowest BCUT2D eigenvalue weighted by atomic mass is 9.82. The van der Waals surface area contributed by atoms with Crippen molar-refractivity contribution < 1.29 is 0 Å². The van der Waals surface area contributed by atoms with E-state index in [2.05, 4.69) is 42.4 Å². The standard InChI is InChI=1S/C18H29N3/c1-4-17-16(8-12(3)20-21-17)18(19-5-2)11-15-10-13-6-7-14(15)9-13/h8,13-15,18-19H,4-7,9-11H2,1-3H3. The lowest BCUT2D eigenvalue weighted by Crippen LogP contribution is -2.27. The zero-order valence-corrected chi connectivity index (χ0v) is 13.7. The number of rotatable bonds is 6. The minimum atomic E-state index is 0.462. The molecule has 3 heteroatoms. The molecule has 2 aliphatic rings. The summed E-state index contributed by atoms with van der Waals surface area (Å²) in [6.07, 6.45) is 8.18. The SMILES string of the molecule is CCNC(CC1CC2CCC1C2)c1cc(C)nnc1CC. The van der Waals surface area contributed by atoms with Crippen LogP contribution in [0.1, 0.15) is 68.9 Å². The van der Waals surface area contributed by atoms with E-state index < -0.39 is 0 Å². The second-order valence-electron chi connectivity index (χ2n) is 7.02. The van der Waals surface area contributed by atoms with Gasteiger partial charge in [0.1, 0.15) is 0 Å². The molecule has 4 atom stereocenters. The molecule has 2 fully saturated rings. The van der Waals surface area contributed by atoms with E-state index in [9.17, 15) is 0 Å². The van der Waals surface area contributed by atoms with Crippen molar-refractivity contribution in [2.75, 3.05) is 6.54 Å². The Bertz CT molecular complexity index is 485. The van der Waals surface area contributed by atoms with Crippen LogP contribution >= 0.6 is 0 Å². The van der Waals surface area contributed by atoms with Crippen molar-refractivity contribution >= 4 is 0 Å². The number of fused-ring (bicyclic) bond motifs is 2. The molecule has 1 N–H and O–H groups in total. The third kappa shape index (κ3) is 3.13. The van der Waals surface area contributed by atoms with Gasteiger partial charge in [-0.2, -0.15) is 10.2 Å². The zero-order valence-electron chi connectivity index (χ0n) is 13.7. The molecule has 2 aliphatic carbocycles. The second kappa shape index (κ2) is 6.43. The Hall–Kier alpha value is -0.960. The maximum absolute atomic E-state index is 4.43. The van der Waals surface area contributed by atoms with E-state index in [1.807, 2.05) is 0 Å². The molecule has 4 unspecified atom stereocenters. The fourth-order valence-corrected chi connectivity index (χ4v) is 4.65. The van der Waals surface area contributed by atoms with Gasteiger partial charge in [0.2, 0.25) is 0 Å². The third-order valence-electron chi connectivity index (χ3n) is 5.61. The first-order valence-corrected chi connectivity index (χ1v) is 8.77. The average Bonchev–Trinajstić information content (AvgIpc) is 3.09. The minimum absolute atomic E-state index is 0.462. The van der Waals surface area contributed by atoms with Crippen LogP contribution in [0.4, 0.5) is 0 Å². The highest BCUT2D eigenvalue weighted by Gasteiger charge is 2.40. The lowest BCUT2D eigenvalue weighted by molar-refractivity contribution is 0.279. The molecule has 0 radical (unpaired) electrons. The van der Waals surface area contributed by atoms with Crippen LogP contribution in [-0.4, -0.2) is 16.7 Å². The predicted octanol–water partition coefficient (Wildman–Crippen LogP) is 3.82. The summed E-state index contributed by atoms with van der Waals surface area (Å²) in [6.45, 7) is 7.47. The molecule has 0 saturated heterocycles. The highest BCUT2D eigenvalue weighted by molar-refractivity contribution is 5.25. The van der Waals surface area contributed by atoms with Crippen LogP contribution in [-0.2, 0) is 6.42 Å². The van der Waals surface area contributed by atoms with Gasteiger partial charge in [-0.25, -0.2) is 0 Å². The molecule has 0 aliphatic heterocycles. The Labute approximate surface area is 128 Å². The zero-order chi connectivity index (χ0) is 14.8. The highest BCUT2D eigenvalue weighted by Crippen LogP contribution is 2.51. The topological polar surface area (TPSA) is 37.8 Å². The fourth-order valence-electron chi connectivity index (χ4n) is 4.65. The maximum Gasteiger partial charge on any atom is 0.0676 e. The molecular weight excluding hydrogens is 258 g/mol. The van der Waals surface area contributed by atoms with Crippen LogP contribution < -0.4 is 5.32 Å². The Balaban J connectivity index is 1.79. The smallest absolute Gasteiger partial charge is 0.0676 e. The molecule has 2 saturated carbocycles. The summed E-state index contributed by atoms with van der Waals surface area (Å²) < 4.78 is 0. The molecule has 0 spiro atoms. The highest BCUT2D eigenvalue weighted by atomic mass is 15.1. The van der Waals surface area contributed by atoms with Gasteiger partial charge < -0.3 is 5.32 Å². The number of aryl methyl sites for hydroxylation is 2. The molecule has 1 aromatic rings. The van der Waals surface area contributed by atoms with E-state index in [1.54, 1.807) is 0 Å². The quantitative estimate of drug-likeness (QED) is 0.864. The van der Waals surface area contributed by atoms with Crippen LogP contribution in [0.3, 0.4) is 0 Å². The lowest BCUT2D eigenvalue weighted by Gasteiger charge is -2.28. The van der Waals surface area contributed by atoms with Gasteiger partial charge in [0.05, 0.1) is 11.4 Å². The Kier molecular flexibility index (Phi) is 4.58. The van der Waals surface area contributed by atoms with E-state index in [4.69, 9.17) is 0 Å². The van der Waals surface area contributed by atoms with Crippen LogP contribution in [0.5, 0.6) is 0 Å². The van der Waals surface area contributed by atoms with Gasteiger partial charge in [0, 0.05) is 6.04 Å². The Morgan fingerprint density at radius 3 is 2.71 bits per heavy atom. The van der Waals surface area contributed by atoms with Crippen LogP contribution in [0.2, 0.25) is 0 Å². The predicted molar refractivity (Wildman–Crippen MR) is 86.1 cm³/mol. The van der Waals surface area contributed by atoms with Crippen molar-refractivity contribution in [1.82, 2.24) is 15.5 Å². The number of nitrogens with one attached hydrogen (secondary N) is 1. The second-order valence-corrected chi connectivity index (χ2v) is 7.02. The summed E-state index contributed by atoms with van der Waals surface area (Å²) in [4.78, 5) is 0. The van der Waals surface area contributed by atoms with Gasteiger partial charge in [0.15, 0.2) is 0 Å². The van der Waals surface area contributed by atoms with Gasteiger partial charge in [0.25, 0.3) is 0 Å². The van der Waals surface area contributed by atoms with E-state index in [0.29, 0.717) is 6.04 Å². The number of nitrogens with zero attached hydrogens (tertiary/aromatic N) is 2. The molecule has 1 aromatic heterocycles. The monoisotopic (exact) mass is 287 g/mol.